The van der Waals surface area contributed by atoms with E-state index in [1.165, 1.54) is 16.9 Å². The Morgan fingerprint density at radius 2 is 1.74 bits per heavy atom. The minimum absolute atomic E-state index is 0.00959. The third-order valence-corrected chi connectivity index (χ3v) is 3.16. The Hall–Kier alpha value is -2.28. The van der Waals surface area contributed by atoms with Crippen LogP contribution in [0.1, 0.15) is 0 Å². The van der Waals surface area contributed by atoms with Gasteiger partial charge in [0.1, 0.15) is 11.0 Å². The number of nitro groups is 1. The summed E-state index contributed by atoms with van der Waals surface area (Å²) >= 11 is 3.35. The number of hydrogen-bond donors (Lipinski definition) is 0. The molecule has 0 spiro atoms. The molecule has 6 nitrogen and oxygen atoms in total. The summed E-state index contributed by atoms with van der Waals surface area (Å²) in [6.07, 6.45) is 0. The Morgan fingerprint density at radius 1 is 1.05 bits per heavy atom. The third-order valence-electron chi connectivity index (χ3n) is 2.63. The van der Waals surface area contributed by atoms with E-state index in [0.29, 0.717) is 11.0 Å². The second kappa shape index (κ2) is 4.43. The molecule has 0 aliphatic carbocycles. The fourth-order valence-corrected chi connectivity index (χ4v) is 1.97. The Kier molecular flexibility index (Phi) is 2.75. The summed E-state index contributed by atoms with van der Waals surface area (Å²) in [5, 5.41) is 19.2. The summed E-state index contributed by atoms with van der Waals surface area (Å²) in [4.78, 5) is 11.7. The first kappa shape index (κ1) is 11.8. The van der Waals surface area contributed by atoms with Gasteiger partial charge in [-0.1, -0.05) is 15.9 Å². The predicted molar refractivity (Wildman–Crippen MR) is 73.2 cm³/mol. The molecule has 0 aliphatic heterocycles. The Balaban J connectivity index is 2.11. The smallest absolute Gasteiger partial charge is 0.258 e. The van der Waals surface area contributed by atoms with Crippen LogP contribution in [0, 0.1) is 10.1 Å². The summed E-state index contributed by atoms with van der Waals surface area (Å²) in [5.74, 6) is 0. The van der Waals surface area contributed by atoms with Crippen molar-refractivity contribution in [2.75, 3.05) is 0 Å². The molecule has 0 saturated heterocycles. The minimum atomic E-state index is -0.446. The Morgan fingerprint density at radius 3 is 2.42 bits per heavy atom. The number of fused-ring (bicyclic) bond motifs is 1. The van der Waals surface area contributed by atoms with Crippen molar-refractivity contribution >= 4 is 32.7 Å². The lowest BCUT2D eigenvalue weighted by Gasteiger charge is -1.97. The average molecular weight is 319 g/mol. The maximum atomic E-state index is 10.7. The minimum Gasteiger partial charge on any atom is -0.258 e. The molecule has 94 valence electrons. The maximum absolute atomic E-state index is 10.7. The van der Waals surface area contributed by atoms with Crippen molar-refractivity contribution in [3.63, 3.8) is 0 Å². The van der Waals surface area contributed by atoms with Crippen LogP contribution in [0.15, 0.2) is 46.9 Å². The van der Waals surface area contributed by atoms with E-state index in [1.54, 1.807) is 6.07 Å². The Labute approximate surface area is 115 Å². The lowest BCUT2D eigenvalue weighted by Crippen LogP contribution is -1.97. The number of benzene rings is 2. The van der Waals surface area contributed by atoms with E-state index in [1.807, 2.05) is 24.3 Å². The van der Waals surface area contributed by atoms with Gasteiger partial charge in [-0.25, -0.2) is 0 Å². The fourth-order valence-electron chi connectivity index (χ4n) is 1.71. The van der Waals surface area contributed by atoms with Crippen LogP contribution in [-0.4, -0.2) is 19.9 Å². The van der Waals surface area contributed by atoms with Crippen LogP contribution in [0.25, 0.3) is 16.7 Å². The number of nitrogens with zero attached hydrogens (tertiary/aromatic N) is 4. The number of hydrogen-bond acceptors (Lipinski definition) is 4. The van der Waals surface area contributed by atoms with Crippen LogP contribution in [0.2, 0.25) is 0 Å². The molecule has 1 heterocycles. The first-order chi connectivity index (χ1) is 9.13. The van der Waals surface area contributed by atoms with Crippen LogP contribution in [-0.2, 0) is 0 Å². The zero-order valence-corrected chi connectivity index (χ0v) is 11.1. The molecule has 0 saturated carbocycles. The molecule has 19 heavy (non-hydrogen) atoms. The van der Waals surface area contributed by atoms with E-state index >= 15 is 0 Å². The number of nitro benzene ring substituents is 1. The number of halogens is 1. The van der Waals surface area contributed by atoms with Crippen LogP contribution in [0.3, 0.4) is 0 Å². The SMILES string of the molecule is O=[N+]([O-])c1ccc2nn(-c3ccc(Br)cc3)nc2c1. The molecule has 1 aromatic heterocycles. The predicted octanol–water partition coefficient (Wildman–Crippen LogP) is 3.09. The van der Waals surface area contributed by atoms with Gasteiger partial charge in [0.25, 0.3) is 5.69 Å². The van der Waals surface area contributed by atoms with Crippen molar-refractivity contribution in [3.8, 4) is 5.69 Å². The van der Waals surface area contributed by atoms with E-state index in [0.717, 1.165) is 10.2 Å². The molecule has 0 radical (unpaired) electrons. The summed E-state index contributed by atoms with van der Waals surface area (Å²) < 4.78 is 0.962. The molecular formula is C12H7BrN4O2. The van der Waals surface area contributed by atoms with Crippen molar-refractivity contribution in [1.82, 2.24) is 15.0 Å². The largest absolute Gasteiger partial charge is 0.271 e. The summed E-state index contributed by atoms with van der Waals surface area (Å²) in [6, 6.07) is 11.9. The van der Waals surface area contributed by atoms with Crippen LogP contribution >= 0.6 is 15.9 Å². The third kappa shape index (κ3) is 2.19. The van der Waals surface area contributed by atoms with E-state index in [4.69, 9.17) is 0 Å². The molecule has 0 unspecified atom stereocenters. The van der Waals surface area contributed by atoms with Gasteiger partial charge in [-0.3, -0.25) is 10.1 Å². The molecule has 0 bridgehead atoms. The van der Waals surface area contributed by atoms with Crippen molar-refractivity contribution in [1.29, 1.82) is 0 Å². The van der Waals surface area contributed by atoms with Gasteiger partial charge in [0.2, 0.25) is 0 Å². The zero-order chi connectivity index (χ0) is 13.4. The zero-order valence-electron chi connectivity index (χ0n) is 9.52. The van der Waals surface area contributed by atoms with Crippen molar-refractivity contribution in [2.45, 2.75) is 0 Å². The van der Waals surface area contributed by atoms with Crippen molar-refractivity contribution in [3.05, 3.63) is 57.1 Å². The first-order valence-electron chi connectivity index (χ1n) is 5.41. The maximum Gasteiger partial charge on any atom is 0.271 e. The molecule has 0 fully saturated rings. The molecule has 0 aliphatic rings. The fraction of sp³-hybridized carbons (Fsp3) is 0. The summed E-state index contributed by atoms with van der Waals surface area (Å²) in [6.45, 7) is 0. The summed E-state index contributed by atoms with van der Waals surface area (Å²) in [5.41, 5.74) is 1.92. The number of aromatic nitrogens is 3. The first-order valence-corrected chi connectivity index (χ1v) is 6.20. The van der Waals surface area contributed by atoms with Crippen molar-refractivity contribution in [2.24, 2.45) is 0 Å². The van der Waals surface area contributed by atoms with Gasteiger partial charge < -0.3 is 0 Å². The van der Waals surface area contributed by atoms with E-state index < -0.39 is 4.92 Å². The monoisotopic (exact) mass is 318 g/mol. The van der Waals surface area contributed by atoms with Gasteiger partial charge in [-0.2, -0.15) is 4.80 Å². The van der Waals surface area contributed by atoms with Crippen LogP contribution in [0.4, 0.5) is 5.69 Å². The quantitative estimate of drug-likeness (QED) is 0.537. The van der Waals surface area contributed by atoms with Gasteiger partial charge in [0.05, 0.1) is 10.6 Å². The average Bonchev–Trinajstić information content (AvgIpc) is 2.82. The Bertz CT molecular complexity index is 767. The normalized spacial score (nSPS) is 10.8. The number of rotatable bonds is 2. The second-order valence-electron chi connectivity index (χ2n) is 3.90. The second-order valence-corrected chi connectivity index (χ2v) is 4.81. The number of non-ortho nitro benzene ring substituents is 1. The molecular weight excluding hydrogens is 312 g/mol. The topological polar surface area (TPSA) is 73.8 Å². The highest BCUT2D eigenvalue weighted by atomic mass is 79.9. The molecule has 3 aromatic rings. The van der Waals surface area contributed by atoms with Gasteiger partial charge in [0.15, 0.2) is 0 Å². The van der Waals surface area contributed by atoms with E-state index in [-0.39, 0.29) is 5.69 Å². The molecule has 0 amide bonds. The molecule has 3 rings (SSSR count). The van der Waals surface area contributed by atoms with Crippen molar-refractivity contribution < 1.29 is 4.92 Å². The van der Waals surface area contributed by atoms with E-state index in [9.17, 15) is 10.1 Å². The van der Waals surface area contributed by atoms with Gasteiger partial charge in [-0.15, -0.1) is 10.2 Å². The highest BCUT2D eigenvalue weighted by Gasteiger charge is 2.10. The lowest BCUT2D eigenvalue weighted by atomic mass is 10.3. The molecule has 2 aromatic carbocycles. The highest BCUT2D eigenvalue weighted by Crippen LogP contribution is 2.19. The van der Waals surface area contributed by atoms with Crippen LogP contribution in [0.5, 0.6) is 0 Å². The van der Waals surface area contributed by atoms with Gasteiger partial charge in [-0.05, 0) is 30.3 Å². The van der Waals surface area contributed by atoms with Gasteiger partial charge in [0, 0.05) is 16.6 Å². The molecule has 7 heteroatoms. The standard InChI is InChI=1S/C12H7BrN4O2/c13-8-1-3-9(4-2-8)16-14-11-6-5-10(17(18)19)7-12(11)15-16/h1-7H. The lowest BCUT2D eigenvalue weighted by molar-refractivity contribution is -0.384. The van der Waals surface area contributed by atoms with E-state index in [2.05, 4.69) is 26.1 Å². The van der Waals surface area contributed by atoms with Crippen LogP contribution < -0.4 is 0 Å². The molecule has 0 N–H and O–H groups in total. The molecule has 0 atom stereocenters. The summed E-state index contributed by atoms with van der Waals surface area (Å²) in [7, 11) is 0. The van der Waals surface area contributed by atoms with Gasteiger partial charge >= 0.3 is 0 Å². The highest BCUT2D eigenvalue weighted by molar-refractivity contribution is 9.10.